The summed E-state index contributed by atoms with van der Waals surface area (Å²) in [5.74, 6) is -2.60. The van der Waals surface area contributed by atoms with Gasteiger partial charge >= 0.3 is 12.1 Å². The number of ether oxygens (including phenoxy) is 1. The lowest BCUT2D eigenvalue weighted by Gasteiger charge is -2.11. The number of alkyl halides is 3. The number of benzene rings is 2. The van der Waals surface area contributed by atoms with Gasteiger partial charge in [-0.3, -0.25) is 14.2 Å². The summed E-state index contributed by atoms with van der Waals surface area (Å²) in [6.07, 6.45) is -5.08. The molecule has 0 bridgehead atoms. The molecule has 2 aromatic heterocycles. The number of rotatable bonds is 10. The zero-order valence-corrected chi connectivity index (χ0v) is 24.5. The van der Waals surface area contributed by atoms with E-state index in [4.69, 9.17) is 37.1 Å². The number of carbonyl (C=O) groups is 2. The van der Waals surface area contributed by atoms with Crippen LogP contribution in [0.3, 0.4) is 0 Å². The molecule has 12 nitrogen and oxygen atoms in total. The topological polar surface area (TPSA) is 186 Å². The summed E-state index contributed by atoms with van der Waals surface area (Å²) in [4.78, 5) is 20.8. The number of aliphatic hydroxyl groups excluding tert-OH is 1. The molecule has 2 aromatic carbocycles. The maximum absolute atomic E-state index is 13.0. The molecule has 0 radical (unpaired) electrons. The first-order valence-electron chi connectivity index (χ1n) is 12.0. The van der Waals surface area contributed by atoms with Crippen molar-refractivity contribution in [2.45, 2.75) is 29.5 Å². The van der Waals surface area contributed by atoms with Crippen LogP contribution >= 0.6 is 22.9 Å². The van der Waals surface area contributed by atoms with Crippen molar-refractivity contribution in [2.24, 2.45) is 5.73 Å². The lowest BCUT2D eigenvalue weighted by molar-refractivity contribution is -0.192. The zero-order chi connectivity index (χ0) is 31.9. The van der Waals surface area contributed by atoms with Gasteiger partial charge in [-0.05, 0) is 35.4 Å². The van der Waals surface area contributed by atoms with Crippen molar-refractivity contribution >= 4 is 61.6 Å². The molecule has 0 fully saturated rings. The number of anilines is 1. The molecule has 43 heavy (non-hydrogen) atoms. The number of halogens is 4. The molecule has 6 N–H and O–H groups in total. The van der Waals surface area contributed by atoms with E-state index in [0.717, 1.165) is 22.5 Å². The molecule has 0 saturated carbocycles. The fourth-order valence-corrected chi connectivity index (χ4v) is 6.09. The molecular weight excluding hydrogens is 639 g/mol. The third-order valence-corrected chi connectivity index (χ3v) is 8.63. The summed E-state index contributed by atoms with van der Waals surface area (Å²) in [6.45, 7) is 0.129. The monoisotopic (exact) mass is 663 g/mol. The number of nitrogens with two attached hydrogens (primary N) is 1. The van der Waals surface area contributed by atoms with Crippen LogP contribution in [-0.4, -0.2) is 66.2 Å². The molecular formula is C25H25ClF3N5O7S2. The fraction of sp³-hybridized carbons (Fsp3) is 0.240. The van der Waals surface area contributed by atoms with E-state index in [1.807, 2.05) is 30.3 Å². The number of nitrogens with zero attached hydrogens (tertiary/aromatic N) is 2. The second-order valence-corrected chi connectivity index (χ2v) is 12.3. The number of methoxy groups -OCH3 is 1. The number of carboxylic acids is 1. The van der Waals surface area contributed by atoms with E-state index in [2.05, 4.69) is 15.1 Å². The van der Waals surface area contributed by atoms with Gasteiger partial charge in [0.25, 0.3) is 10.0 Å². The Morgan fingerprint density at radius 2 is 1.81 bits per heavy atom. The summed E-state index contributed by atoms with van der Waals surface area (Å²) in [7, 11) is -2.41. The molecule has 0 spiro atoms. The number of fused-ring (bicyclic) bond motifs is 1. The summed E-state index contributed by atoms with van der Waals surface area (Å²) >= 11 is 6.88. The van der Waals surface area contributed by atoms with Crippen LogP contribution in [0.4, 0.5) is 19.0 Å². The van der Waals surface area contributed by atoms with Crippen LogP contribution in [0.5, 0.6) is 5.75 Å². The number of nitrogens with one attached hydrogen (secondary N) is 2. The molecule has 0 aliphatic heterocycles. The van der Waals surface area contributed by atoms with E-state index in [1.54, 1.807) is 16.8 Å². The molecule has 0 saturated heterocycles. The number of hydrogen-bond acceptors (Lipinski definition) is 9. The molecule has 4 aromatic rings. The Bertz CT molecular complexity index is 1710. The van der Waals surface area contributed by atoms with E-state index in [-0.39, 0.29) is 16.6 Å². The van der Waals surface area contributed by atoms with Crippen molar-refractivity contribution in [2.75, 3.05) is 18.4 Å². The van der Waals surface area contributed by atoms with Gasteiger partial charge in [0.05, 0.1) is 35.5 Å². The van der Waals surface area contributed by atoms with E-state index in [0.29, 0.717) is 27.5 Å². The second-order valence-electron chi connectivity index (χ2n) is 8.65. The van der Waals surface area contributed by atoms with Crippen LogP contribution in [-0.2, 0) is 32.7 Å². The van der Waals surface area contributed by atoms with Gasteiger partial charge in [-0.1, -0.05) is 41.9 Å². The van der Waals surface area contributed by atoms with Crippen LogP contribution < -0.4 is 20.5 Å². The molecule has 18 heteroatoms. The zero-order valence-electron chi connectivity index (χ0n) is 22.1. The van der Waals surface area contributed by atoms with Gasteiger partial charge in [0.1, 0.15) is 16.0 Å². The number of aromatic nitrogens is 2. The maximum Gasteiger partial charge on any atom is 0.490 e. The van der Waals surface area contributed by atoms with Crippen molar-refractivity contribution in [3.63, 3.8) is 0 Å². The minimum atomic E-state index is -5.08. The average Bonchev–Trinajstić information content (AvgIpc) is 3.55. The Kier molecular flexibility index (Phi) is 11.0. The number of aliphatic carboxylic acids is 1. The quantitative estimate of drug-likeness (QED) is 0.170. The highest BCUT2D eigenvalue weighted by atomic mass is 35.5. The Balaban J connectivity index is 0.000000646. The van der Waals surface area contributed by atoms with Gasteiger partial charge in [-0.2, -0.15) is 18.3 Å². The first-order chi connectivity index (χ1) is 20.2. The third-order valence-electron chi connectivity index (χ3n) is 5.57. The lowest BCUT2D eigenvalue weighted by Crippen LogP contribution is -2.42. The van der Waals surface area contributed by atoms with E-state index >= 15 is 0 Å². The number of hydrogen-bond donors (Lipinski definition) is 5. The maximum atomic E-state index is 13.0. The number of thiophene rings is 1. The van der Waals surface area contributed by atoms with E-state index < -0.39 is 40.7 Å². The Morgan fingerprint density at radius 3 is 2.40 bits per heavy atom. The van der Waals surface area contributed by atoms with Gasteiger partial charge in [-0.15, -0.1) is 11.3 Å². The van der Waals surface area contributed by atoms with Gasteiger partial charge in [0, 0.05) is 6.54 Å². The summed E-state index contributed by atoms with van der Waals surface area (Å²) < 4.78 is 67.8. The van der Waals surface area contributed by atoms with Crippen LogP contribution in [0, 0.1) is 0 Å². The van der Waals surface area contributed by atoms with Crippen molar-refractivity contribution in [3.8, 4) is 5.75 Å². The van der Waals surface area contributed by atoms with Gasteiger partial charge < -0.3 is 26.0 Å². The largest absolute Gasteiger partial charge is 0.496 e. The Labute approximate surface area is 251 Å². The van der Waals surface area contributed by atoms with Crippen molar-refractivity contribution < 1.29 is 46.1 Å². The number of carbonyl (C=O) groups excluding carboxylic acids is 1. The highest BCUT2D eigenvalue weighted by Gasteiger charge is 2.38. The van der Waals surface area contributed by atoms with Gasteiger partial charge in [0.2, 0.25) is 5.91 Å². The number of carboxylic acid groups (broad SMARTS) is 1. The average molecular weight is 664 g/mol. The molecule has 4 rings (SSSR count). The lowest BCUT2D eigenvalue weighted by atomic mass is 10.1. The summed E-state index contributed by atoms with van der Waals surface area (Å²) in [6, 6.07) is 14.8. The standard InChI is InChI=1S/C23H24ClN5O5S2.C2HF3O2/c1-34-18-7-3-6-17-21(18)22(28-36(32,33)20-9-8-19(24)35-20)27-29(17)12-15-5-2-4-14(10-15)11-26-23(31)16(25)13-30;3-2(4,5)1(6)7/h2-10,16,30H,11-13,25H2,1H3,(H,26,31)(H,27,28);(H,6,7)/t16-;/m1./s1. The molecule has 0 aliphatic rings. The van der Waals surface area contributed by atoms with Gasteiger partial charge in [0.15, 0.2) is 5.82 Å². The number of sulfonamides is 1. The van der Waals surface area contributed by atoms with Crippen LogP contribution in [0.25, 0.3) is 10.9 Å². The first kappa shape index (κ1) is 33.6. The SMILES string of the molecule is COc1cccc2c1c(NS(=O)(=O)c1ccc(Cl)s1)nn2Cc1cccc(CNC(=O)[C@H](N)CO)c1.O=C(O)C(F)(F)F. The molecule has 0 aliphatic carbocycles. The Morgan fingerprint density at radius 1 is 1.16 bits per heavy atom. The summed E-state index contributed by atoms with van der Waals surface area (Å²) in [5, 5.41) is 23.9. The van der Waals surface area contributed by atoms with Crippen LogP contribution in [0.15, 0.2) is 58.8 Å². The van der Waals surface area contributed by atoms with Crippen LogP contribution in [0.2, 0.25) is 4.34 Å². The summed E-state index contributed by atoms with van der Waals surface area (Å²) in [5.41, 5.74) is 7.91. The van der Waals surface area contributed by atoms with E-state index in [9.17, 15) is 26.4 Å². The van der Waals surface area contributed by atoms with Crippen molar-refractivity contribution in [1.82, 2.24) is 15.1 Å². The predicted molar refractivity (Wildman–Crippen MR) is 153 cm³/mol. The Hall–Kier alpha value is -3.90. The van der Waals surface area contributed by atoms with Crippen molar-refractivity contribution in [3.05, 3.63) is 70.1 Å². The normalized spacial score (nSPS) is 12.3. The smallest absolute Gasteiger partial charge is 0.490 e. The number of aliphatic hydroxyl groups is 1. The van der Waals surface area contributed by atoms with E-state index in [1.165, 1.54) is 19.2 Å². The minimum Gasteiger partial charge on any atom is -0.496 e. The minimum absolute atomic E-state index is 0.0702. The van der Waals surface area contributed by atoms with Crippen molar-refractivity contribution in [1.29, 1.82) is 0 Å². The van der Waals surface area contributed by atoms with Gasteiger partial charge in [-0.25, -0.2) is 13.2 Å². The molecule has 1 amide bonds. The number of amides is 1. The molecule has 232 valence electrons. The fourth-order valence-electron chi connectivity index (χ4n) is 3.59. The second kappa shape index (κ2) is 14.0. The molecule has 2 heterocycles. The first-order valence-corrected chi connectivity index (χ1v) is 14.7. The van der Waals surface area contributed by atoms with Crippen LogP contribution in [0.1, 0.15) is 11.1 Å². The molecule has 1 atom stereocenters. The highest BCUT2D eigenvalue weighted by Crippen LogP contribution is 2.35. The molecule has 0 unspecified atom stereocenters. The third kappa shape index (κ3) is 8.80. The predicted octanol–water partition coefficient (Wildman–Crippen LogP) is 3.18. The highest BCUT2D eigenvalue weighted by molar-refractivity contribution is 7.94.